The van der Waals surface area contributed by atoms with Gasteiger partial charge < -0.3 is 5.73 Å². The first-order valence-corrected chi connectivity index (χ1v) is 6.44. The predicted molar refractivity (Wildman–Crippen MR) is 69.9 cm³/mol. The van der Waals surface area contributed by atoms with E-state index in [0.717, 1.165) is 0 Å². The zero-order valence-electron chi connectivity index (χ0n) is 10.7. The molecule has 0 aromatic rings. The van der Waals surface area contributed by atoms with E-state index in [4.69, 9.17) is 5.73 Å². The molecular formula is C9H24ClN3O2S. The summed E-state index contributed by atoms with van der Waals surface area (Å²) in [7, 11) is -0.168. The number of nitrogens with two attached hydrogens (primary N) is 1. The molecule has 100 valence electrons. The van der Waals surface area contributed by atoms with E-state index in [0.29, 0.717) is 19.6 Å². The lowest BCUT2D eigenvalue weighted by molar-refractivity contribution is 0.279. The van der Waals surface area contributed by atoms with Gasteiger partial charge in [-0.15, -0.1) is 12.4 Å². The Bertz CT molecular complexity index is 293. The quantitative estimate of drug-likeness (QED) is 0.767. The summed E-state index contributed by atoms with van der Waals surface area (Å²) in [5.74, 6) is 0. The lowest BCUT2D eigenvalue weighted by Gasteiger charge is -2.30. The van der Waals surface area contributed by atoms with E-state index in [1.807, 2.05) is 13.8 Å². The van der Waals surface area contributed by atoms with Gasteiger partial charge in [-0.3, -0.25) is 0 Å². The fourth-order valence-electron chi connectivity index (χ4n) is 1.15. The first-order valence-electron chi connectivity index (χ1n) is 5.05. The summed E-state index contributed by atoms with van der Waals surface area (Å²) in [6.45, 7) is 7.06. The summed E-state index contributed by atoms with van der Waals surface area (Å²) in [6.07, 6.45) is 0. The van der Waals surface area contributed by atoms with Crippen LogP contribution in [-0.4, -0.2) is 50.8 Å². The van der Waals surface area contributed by atoms with Crippen molar-refractivity contribution in [2.45, 2.75) is 20.8 Å². The third kappa shape index (κ3) is 4.97. The van der Waals surface area contributed by atoms with E-state index >= 15 is 0 Å². The van der Waals surface area contributed by atoms with Crippen LogP contribution in [0.25, 0.3) is 0 Å². The van der Waals surface area contributed by atoms with E-state index in [-0.39, 0.29) is 17.8 Å². The van der Waals surface area contributed by atoms with Gasteiger partial charge in [0.05, 0.1) is 0 Å². The van der Waals surface area contributed by atoms with Gasteiger partial charge in [0.25, 0.3) is 10.2 Å². The van der Waals surface area contributed by atoms with E-state index in [1.54, 1.807) is 21.0 Å². The molecule has 0 saturated heterocycles. The van der Waals surface area contributed by atoms with Crippen molar-refractivity contribution in [1.82, 2.24) is 8.61 Å². The normalized spacial score (nSPS) is 13.0. The van der Waals surface area contributed by atoms with Crippen molar-refractivity contribution in [3.8, 4) is 0 Å². The van der Waals surface area contributed by atoms with Gasteiger partial charge in [-0.1, -0.05) is 20.8 Å². The van der Waals surface area contributed by atoms with Crippen molar-refractivity contribution in [2.24, 2.45) is 11.1 Å². The van der Waals surface area contributed by atoms with Crippen LogP contribution in [0, 0.1) is 5.41 Å². The van der Waals surface area contributed by atoms with Crippen LogP contribution >= 0.6 is 12.4 Å². The van der Waals surface area contributed by atoms with Gasteiger partial charge in [0, 0.05) is 27.2 Å². The molecule has 0 aliphatic rings. The fraction of sp³-hybridized carbons (Fsp3) is 1.00. The molecule has 0 aromatic carbocycles. The van der Waals surface area contributed by atoms with E-state index in [9.17, 15) is 8.42 Å². The highest BCUT2D eigenvalue weighted by Gasteiger charge is 2.27. The average molecular weight is 274 g/mol. The molecule has 0 aromatic heterocycles. The van der Waals surface area contributed by atoms with Crippen LogP contribution in [0.5, 0.6) is 0 Å². The van der Waals surface area contributed by atoms with Gasteiger partial charge in [-0.05, 0) is 12.0 Å². The first-order chi connectivity index (χ1) is 6.67. The second kappa shape index (κ2) is 6.76. The highest BCUT2D eigenvalue weighted by molar-refractivity contribution is 7.86. The molecule has 16 heavy (non-hydrogen) atoms. The molecule has 0 atom stereocenters. The maximum absolute atomic E-state index is 11.9. The van der Waals surface area contributed by atoms with Crippen molar-refractivity contribution >= 4 is 22.6 Å². The highest BCUT2D eigenvalue weighted by atomic mass is 35.5. The fourth-order valence-corrected chi connectivity index (χ4v) is 2.46. The molecule has 2 N–H and O–H groups in total. The molecular weight excluding hydrogens is 250 g/mol. The van der Waals surface area contributed by atoms with E-state index in [2.05, 4.69) is 0 Å². The number of halogens is 1. The summed E-state index contributed by atoms with van der Waals surface area (Å²) in [5, 5.41) is 0. The Hall–Kier alpha value is 0.120. The van der Waals surface area contributed by atoms with Crippen LogP contribution in [0.1, 0.15) is 20.8 Å². The zero-order valence-corrected chi connectivity index (χ0v) is 12.4. The summed E-state index contributed by atoms with van der Waals surface area (Å²) >= 11 is 0. The third-order valence-electron chi connectivity index (χ3n) is 2.44. The summed E-state index contributed by atoms with van der Waals surface area (Å²) in [5.41, 5.74) is 5.37. The Morgan fingerprint density at radius 2 is 1.62 bits per heavy atom. The molecule has 5 nitrogen and oxygen atoms in total. The van der Waals surface area contributed by atoms with E-state index in [1.165, 1.54) is 8.61 Å². The molecule has 0 fully saturated rings. The average Bonchev–Trinajstić information content (AvgIpc) is 2.15. The Morgan fingerprint density at radius 1 is 1.19 bits per heavy atom. The van der Waals surface area contributed by atoms with Crippen molar-refractivity contribution in [2.75, 3.05) is 33.7 Å². The summed E-state index contributed by atoms with van der Waals surface area (Å²) < 4.78 is 26.4. The molecule has 0 rings (SSSR count). The number of hydrogen-bond acceptors (Lipinski definition) is 3. The van der Waals surface area contributed by atoms with Crippen LogP contribution in [-0.2, 0) is 10.2 Å². The molecule has 0 radical (unpaired) electrons. The smallest absolute Gasteiger partial charge is 0.281 e. The molecule has 0 spiro atoms. The summed E-state index contributed by atoms with van der Waals surface area (Å²) in [6, 6.07) is 0. The molecule has 0 heterocycles. The monoisotopic (exact) mass is 273 g/mol. The van der Waals surface area contributed by atoms with Gasteiger partial charge in [0.1, 0.15) is 0 Å². The van der Waals surface area contributed by atoms with Gasteiger partial charge in [0.2, 0.25) is 0 Å². The predicted octanol–water partition coefficient (Wildman–Crippen LogP) is 0.521. The Morgan fingerprint density at radius 3 is 1.94 bits per heavy atom. The first kappa shape index (κ1) is 18.5. The second-order valence-electron chi connectivity index (χ2n) is 4.55. The third-order valence-corrected chi connectivity index (χ3v) is 4.40. The van der Waals surface area contributed by atoms with E-state index < -0.39 is 10.2 Å². The molecule has 0 bridgehead atoms. The van der Waals surface area contributed by atoms with Crippen molar-refractivity contribution in [3.63, 3.8) is 0 Å². The standard InChI is InChI=1S/C9H23N3O2S.ClH/c1-6-11(4)15(13,14)12(5)8-9(2,3)7-10;/h6-8,10H2,1-5H3;1H. The largest absolute Gasteiger partial charge is 0.330 e. The molecule has 0 unspecified atom stereocenters. The minimum Gasteiger partial charge on any atom is -0.330 e. The zero-order chi connectivity index (χ0) is 12.3. The maximum Gasteiger partial charge on any atom is 0.281 e. The molecule has 0 saturated carbocycles. The lowest BCUT2D eigenvalue weighted by Crippen LogP contribution is -2.45. The van der Waals surface area contributed by atoms with Crippen LogP contribution in [0.2, 0.25) is 0 Å². The second-order valence-corrected chi connectivity index (χ2v) is 6.69. The molecule has 0 amide bonds. The summed E-state index contributed by atoms with van der Waals surface area (Å²) in [4.78, 5) is 0. The SMILES string of the molecule is CCN(C)S(=O)(=O)N(C)CC(C)(C)CN.Cl. The minimum absolute atomic E-state index is 0. The highest BCUT2D eigenvalue weighted by Crippen LogP contribution is 2.16. The van der Waals surface area contributed by atoms with Crippen molar-refractivity contribution < 1.29 is 8.42 Å². The molecule has 0 aliphatic heterocycles. The number of rotatable bonds is 6. The van der Waals surface area contributed by atoms with Gasteiger partial charge >= 0.3 is 0 Å². The minimum atomic E-state index is -3.32. The Labute approximate surface area is 106 Å². The Balaban J connectivity index is 0. The van der Waals surface area contributed by atoms with Crippen molar-refractivity contribution in [3.05, 3.63) is 0 Å². The number of hydrogen-bond donors (Lipinski definition) is 1. The van der Waals surface area contributed by atoms with Crippen LogP contribution in [0.4, 0.5) is 0 Å². The number of nitrogens with zero attached hydrogens (tertiary/aromatic N) is 2. The van der Waals surface area contributed by atoms with Gasteiger partial charge in [-0.2, -0.15) is 17.0 Å². The van der Waals surface area contributed by atoms with Crippen LogP contribution < -0.4 is 5.73 Å². The van der Waals surface area contributed by atoms with Gasteiger partial charge in [0.15, 0.2) is 0 Å². The van der Waals surface area contributed by atoms with Crippen molar-refractivity contribution in [1.29, 1.82) is 0 Å². The molecule has 7 heteroatoms. The van der Waals surface area contributed by atoms with Gasteiger partial charge in [-0.25, -0.2) is 0 Å². The topological polar surface area (TPSA) is 66.6 Å². The van der Waals surface area contributed by atoms with Crippen LogP contribution in [0.3, 0.4) is 0 Å². The van der Waals surface area contributed by atoms with Crippen LogP contribution in [0.15, 0.2) is 0 Å². The molecule has 0 aliphatic carbocycles. The Kier molecular flexibility index (Phi) is 7.81. The lowest BCUT2D eigenvalue weighted by atomic mass is 9.94. The maximum atomic E-state index is 11.9.